The number of ketones is 1. The Morgan fingerprint density at radius 3 is 2.35 bits per heavy atom. The standard InChI is InChI=1S/C13H12N2O2/c1-2-17-12-5-3-10(4-6-12)13(16)11-7-14-9-15-8-11/h3-9H,2H2,1H3. The van der Waals surface area contributed by atoms with Crippen LogP contribution in [0.3, 0.4) is 0 Å². The summed E-state index contributed by atoms with van der Waals surface area (Å²) in [6.07, 6.45) is 4.41. The molecule has 1 aromatic carbocycles. The maximum atomic E-state index is 12.0. The Hall–Kier alpha value is -2.23. The van der Waals surface area contributed by atoms with Gasteiger partial charge in [0.15, 0.2) is 5.78 Å². The van der Waals surface area contributed by atoms with Gasteiger partial charge in [-0.05, 0) is 31.2 Å². The largest absolute Gasteiger partial charge is 0.494 e. The second-order valence-corrected chi connectivity index (χ2v) is 3.41. The molecule has 1 heterocycles. The maximum absolute atomic E-state index is 12.0. The van der Waals surface area contributed by atoms with Crippen molar-refractivity contribution in [2.24, 2.45) is 0 Å². The number of hydrogen-bond acceptors (Lipinski definition) is 4. The highest BCUT2D eigenvalue weighted by molar-refractivity contribution is 6.08. The second kappa shape index (κ2) is 5.21. The van der Waals surface area contributed by atoms with Crippen LogP contribution in [0.1, 0.15) is 22.8 Å². The molecule has 0 bridgehead atoms. The molecule has 0 N–H and O–H groups in total. The molecule has 2 rings (SSSR count). The molecule has 0 spiro atoms. The summed E-state index contributed by atoms with van der Waals surface area (Å²) in [5, 5.41) is 0. The van der Waals surface area contributed by atoms with Crippen molar-refractivity contribution >= 4 is 5.78 Å². The van der Waals surface area contributed by atoms with E-state index in [2.05, 4.69) is 9.97 Å². The smallest absolute Gasteiger partial charge is 0.196 e. The van der Waals surface area contributed by atoms with Gasteiger partial charge in [0, 0.05) is 18.0 Å². The van der Waals surface area contributed by atoms with E-state index >= 15 is 0 Å². The number of benzene rings is 1. The molecule has 86 valence electrons. The van der Waals surface area contributed by atoms with E-state index in [0.717, 1.165) is 5.75 Å². The van der Waals surface area contributed by atoms with Crippen molar-refractivity contribution < 1.29 is 9.53 Å². The van der Waals surface area contributed by atoms with Crippen molar-refractivity contribution in [3.63, 3.8) is 0 Å². The molecule has 2 aromatic rings. The molecule has 0 amide bonds. The van der Waals surface area contributed by atoms with E-state index in [1.165, 1.54) is 18.7 Å². The lowest BCUT2D eigenvalue weighted by Gasteiger charge is -2.04. The molecule has 4 nitrogen and oxygen atoms in total. The van der Waals surface area contributed by atoms with Gasteiger partial charge in [0.1, 0.15) is 12.1 Å². The van der Waals surface area contributed by atoms with Crippen molar-refractivity contribution in [2.75, 3.05) is 6.61 Å². The summed E-state index contributed by atoms with van der Waals surface area (Å²) in [5.41, 5.74) is 1.08. The molecule has 0 radical (unpaired) electrons. The third kappa shape index (κ3) is 2.66. The van der Waals surface area contributed by atoms with E-state index in [-0.39, 0.29) is 5.78 Å². The first-order valence-electron chi connectivity index (χ1n) is 5.34. The van der Waals surface area contributed by atoms with E-state index in [4.69, 9.17) is 4.74 Å². The van der Waals surface area contributed by atoms with E-state index in [1.807, 2.05) is 6.92 Å². The fraction of sp³-hybridized carbons (Fsp3) is 0.154. The van der Waals surface area contributed by atoms with Crippen LogP contribution in [-0.4, -0.2) is 22.4 Å². The quantitative estimate of drug-likeness (QED) is 0.752. The van der Waals surface area contributed by atoms with Crippen molar-refractivity contribution in [3.05, 3.63) is 54.1 Å². The number of nitrogens with zero attached hydrogens (tertiary/aromatic N) is 2. The Bertz CT molecular complexity index is 495. The Labute approximate surface area is 99.3 Å². The predicted octanol–water partition coefficient (Wildman–Crippen LogP) is 2.11. The first kappa shape index (κ1) is 11.3. The maximum Gasteiger partial charge on any atom is 0.196 e. The van der Waals surface area contributed by atoms with Crippen LogP contribution in [0.4, 0.5) is 0 Å². The molecular weight excluding hydrogens is 216 g/mol. The van der Waals surface area contributed by atoms with Crippen LogP contribution in [0.15, 0.2) is 43.0 Å². The molecule has 0 aliphatic heterocycles. The third-order valence-electron chi connectivity index (χ3n) is 2.25. The highest BCUT2D eigenvalue weighted by Gasteiger charge is 2.09. The number of ether oxygens (including phenoxy) is 1. The molecule has 0 fully saturated rings. The second-order valence-electron chi connectivity index (χ2n) is 3.41. The SMILES string of the molecule is CCOc1ccc(C(=O)c2cncnc2)cc1. The summed E-state index contributed by atoms with van der Waals surface area (Å²) in [6, 6.07) is 7.03. The zero-order valence-electron chi connectivity index (χ0n) is 9.46. The van der Waals surface area contributed by atoms with Crippen LogP contribution in [-0.2, 0) is 0 Å². The van der Waals surface area contributed by atoms with Gasteiger partial charge in [-0.1, -0.05) is 0 Å². The molecule has 1 aromatic heterocycles. The molecule has 0 aliphatic rings. The van der Waals surface area contributed by atoms with Gasteiger partial charge in [-0.15, -0.1) is 0 Å². The van der Waals surface area contributed by atoms with Crippen LogP contribution in [0.2, 0.25) is 0 Å². The number of rotatable bonds is 4. The summed E-state index contributed by atoms with van der Waals surface area (Å²) in [5.74, 6) is 0.669. The number of carbonyl (C=O) groups is 1. The molecule has 0 atom stereocenters. The van der Waals surface area contributed by atoms with Crippen LogP contribution >= 0.6 is 0 Å². The molecule has 0 saturated heterocycles. The van der Waals surface area contributed by atoms with Gasteiger partial charge in [-0.3, -0.25) is 4.79 Å². The monoisotopic (exact) mass is 228 g/mol. The predicted molar refractivity (Wildman–Crippen MR) is 63.1 cm³/mol. The molecule has 17 heavy (non-hydrogen) atoms. The summed E-state index contributed by atoms with van der Waals surface area (Å²) in [7, 11) is 0. The Morgan fingerprint density at radius 2 is 1.76 bits per heavy atom. The molecule has 0 aliphatic carbocycles. The van der Waals surface area contributed by atoms with Gasteiger partial charge in [0.2, 0.25) is 0 Å². The van der Waals surface area contributed by atoms with E-state index in [1.54, 1.807) is 24.3 Å². The van der Waals surface area contributed by atoms with Crippen molar-refractivity contribution in [2.45, 2.75) is 6.92 Å². The minimum atomic E-state index is -0.0892. The van der Waals surface area contributed by atoms with E-state index < -0.39 is 0 Å². The molecule has 0 saturated carbocycles. The van der Waals surface area contributed by atoms with Gasteiger partial charge >= 0.3 is 0 Å². The fourth-order valence-corrected chi connectivity index (χ4v) is 1.45. The van der Waals surface area contributed by atoms with Gasteiger partial charge in [0.05, 0.1) is 12.2 Å². The van der Waals surface area contributed by atoms with Gasteiger partial charge < -0.3 is 4.74 Å². The zero-order chi connectivity index (χ0) is 12.1. The van der Waals surface area contributed by atoms with Crippen molar-refractivity contribution in [3.8, 4) is 5.75 Å². The topological polar surface area (TPSA) is 52.1 Å². The normalized spacial score (nSPS) is 9.94. The fourth-order valence-electron chi connectivity index (χ4n) is 1.45. The summed E-state index contributed by atoms with van der Waals surface area (Å²) in [4.78, 5) is 19.6. The van der Waals surface area contributed by atoms with Crippen LogP contribution in [0.25, 0.3) is 0 Å². The van der Waals surface area contributed by atoms with E-state index in [9.17, 15) is 4.79 Å². The molecule has 4 heteroatoms. The summed E-state index contributed by atoms with van der Waals surface area (Å²) >= 11 is 0. The first-order chi connectivity index (χ1) is 8.31. The highest BCUT2D eigenvalue weighted by Crippen LogP contribution is 2.14. The van der Waals surface area contributed by atoms with E-state index in [0.29, 0.717) is 17.7 Å². The lowest BCUT2D eigenvalue weighted by molar-refractivity contribution is 0.103. The Kier molecular flexibility index (Phi) is 3.45. The summed E-state index contributed by atoms with van der Waals surface area (Å²) in [6.45, 7) is 2.53. The van der Waals surface area contributed by atoms with Crippen LogP contribution in [0, 0.1) is 0 Å². The Morgan fingerprint density at radius 1 is 1.12 bits per heavy atom. The minimum absolute atomic E-state index is 0.0892. The lowest BCUT2D eigenvalue weighted by atomic mass is 10.1. The molecule has 0 unspecified atom stereocenters. The number of aromatic nitrogens is 2. The van der Waals surface area contributed by atoms with Gasteiger partial charge in [-0.2, -0.15) is 0 Å². The average molecular weight is 228 g/mol. The highest BCUT2D eigenvalue weighted by atomic mass is 16.5. The Balaban J connectivity index is 2.20. The number of carbonyl (C=O) groups excluding carboxylic acids is 1. The van der Waals surface area contributed by atoms with Crippen molar-refractivity contribution in [1.29, 1.82) is 0 Å². The third-order valence-corrected chi connectivity index (χ3v) is 2.25. The molecular formula is C13H12N2O2. The van der Waals surface area contributed by atoms with Crippen LogP contribution < -0.4 is 4.74 Å². The zero-order valence-corrected chi connectivity index (χ0v) is 9.46. The van der Waals surface area contributed by atoms with Crippen molar-refractivity contribution in [1.82, 2.24) is 9.97 Å². The average Bonchev–Trinajstić information content (AvgIpc) is 2.40. The van der Waals surface area contributed by atoms with Gasteiger partial charge in [0.25, 0.3) is 0 Å². The van der Waals surface area contributed by atoms with Gasteiger partial charge in [-0.25, -0.2) is 9.97 Å². The lowest BCUT2D eigenvalue weighted by Crippen LogP contribution is -2.02. The summed E-state index contributed by atoms with van der Waals surface area (Å²) < 4.78 is 5.31. The minimum Gasteiger partial charge on any atom is -0.494 e. The first-order valence-corrected chi connectivity index (χ1v) is 5.34. The number of hydrogen-bond donors (Lipinski definition) is 0. The van der Waals surface area contributed by atoms with Crippen LogP contribution in [0.5, 0.6) is 5.75 Å².